The van der Waals surface area contributed by atoms with Crippen LogP contribution in [0.2, 0.25) is 0 Å². The van der Waals surface area contributed by atoms with Crippen LogP contribution in [0.5, 0.6) is 0 Å². The molecule has 0 aliphatic rings. The van der Waals surface area contributed by atoms with Crippen molar-refractivity contribution in [2.75, 3.05) is 0 Å². The van der Waals surface area contributed by atoms with Crippen LogP contribution in [0.15, 0.2) is 6.07 Å². The molecule has 1 aromatic rings. The molecule has 0 saturated heterocycles. The maximum atomic E-state index is 12.5. The van der Waals surface area contributed by atoms with E-state index in [-0.39, 0.29) is 11.3 Å². The molecule has 1 heterocycles. The maximum absolute atomic E-state index is 12.5. The van der Waals surface area contributed by atoms with Gasteiger partial charge in [-0.15, -0.1) is 0 Å². The summed E-state index contributed by atoms with van der Waals surface area (Å²) in [5.41, 5.74) is 0.538. The summed E-state index contributed by atoms with van der Waals surface area (Å²) in [6, 6.07) is 3.23. The second kappa shape index (κ2) is 4.47. The van der Waals surface area contributed by atoms with E-state index in [1.807, 2.05) is 0 Å². The summed E-state index contributed by atoms with van der Waals surface area (Å²) in [5.74, 6) is 0. The van der Waals surface area contributed by atoms with Gasteiger partial charge in [-0.2, -0.15) is 5.26 Å². The summed E-state index contributed by atoms with van der Waals surface area (Å²) in [6.45, 7) is 1.55. The SMILES string of the molecule is Cc1cc(CBr)nc(C#N)c1C(F)F. The lowest BCUT2D eigenvalue weighted by Gasteiger charge is -2.07. The van der Waals surface area contributed by atoms with Crippen molar-refractivity contribution >= 4 is 15.9 Å². The van der Waals surface area contributed by atoms with E-state index in [4.69, 9.17) is 5.26 Å². The molecule has 0 bridgehead atoms. The fraction of sp³-hybridized carbons (Fsp3) is 0.333. The van der Waals surface area contributed by atoms with Crippen molar-refractivity contribution in [2.45, 2.75) is 18.7 Å². The zero-order valence-corrected chi connectivity index (χ0v) is 8.98. The molecule has 74 valence electrons. The fourth-order valence-electron chi connectivity index (χ4n) is 1.18. The predicted octanol–water partition coefficient (Wildman–Crippen LogP) is 3.09. The van der Waals surface area contributed by atoms with E-state index < -0.39 is 6.43 Å². The van der Waals surface area contributed by atoms with Crippen molar-refractivity contribution in [3.63, 3.8) is 0 Å². The Hall–Kier alpha value is -1.02. The highest BCUT2D eigenvalue weighted by Gasteiger charge is 2.17. The van der Waals surface area contributed by atoms with Gasteiger partial charge in [-0.05, 0) is 18.6 Å². The molecule has 1 aromatic heterocycles. The van der Waals surface area contributed by atoms with Gasteiger partial charge in [0.1, 0.15) is 11.8 Å². The van der Waals surface area contributed by atoms with Gasteiger partial charge in [0, 0.05) is 5.33 Å². The van der Waals surface area contributed by atoms with Gasteiger partial charge < -0.3 is 0 Å². The minimum atomic E-state index is -2.65. The first-order valence-corrected chi connectivity index (χ1v) is 4.97. The molecule has 14 heavy (non-hydrogen) atoms. The van der Waals surface area contributed by atoms with Crippen LogP contribution in [0, 0.1) is 18.3 Å². The van der Waals surface area contributed by atoms with Crippen molar-refractivity contribution in [3.8, 4) is 6.07 Å². The van der Waals surface area contributed by atoms with Gasteiger partial charge in [0.25, 0.3) is 6.43 Å². The number of halogens is 3. The largest absolute Gasteiger partial charge is 0.266 e. The normalized spacial score (nSPS) is 10.3. The second-order valence-electron chi connectivity index (χ2n) is 2.74. The minimum Gasteiger partial charge on any atom is -0.241 e. The monoisotopic (exact) mass is 260 g/mol. The second-order valence-corrected chi connectivity index (χ2v) is 3.30. The number of rotatable bonds is 2. The molecule has 0 spiro atoms. The van der Waals surface area contributed by atoms with E-state index in [1.54, 1.807) is 19.1 Å². The first-order valence-electron chi connectivity index (χ1n) is 3.84. The standard InChI is InChI=1S/C9H7BrF2N2/c1-5-2-6(3-10)14-7(4-13)8(5)9(11)12/h2,9H,3H2,1H3. The maximum Gasteiger partial charge on any atom is 0.266 e. The zero-order chi connectivity index (χ0) is 10.7. The lowest BCUT2D eigenvalue weighted by atomic mass is 10.1. The molecule has 0 radical (unpaired) electrons. The van der Waals surface area contributed by atoms with E-state index >= 15 is 0 Å². The van der Waals surface area contributed by atoms with Crippen molar-refractivity contribution in [3.05, 3.63) is 28.6 Å². The molecule has 0 saturated carbocycles. The number of alkyl halides is 3. The van der Waals surface area contributed by atoms with Crippen molar-refractivity contribution in [1.82, 2.24) is 4.98 Å². The molecule has 0 N–H and O–H groups in total. The number of aryl methyl sites for hydroxylation is 1. The Bertz CT molecular complexity index is 385. The van der Waals surface area contributed by atoms with Gasteiger partial charge in [0.05, 0.1) is 11.3 Å². The molecule has 5 heteroatoms. The predicted molar refractivity (Wildman–Crippen MR) is 51.3 cm³/mol. The number of nitrogens with zero attached hydrogens (tertiary/aromatic N) is 2. The Morgan fingerprint density at radius 1 is 1.64 bits per heavy atom. The lowest BCUT2D eigenvalue weighted by molar-refractivity contribution is 0.149. The number of hydrogen-bond acceptors (Lipinski definition) is 2. The third-order valence-electron chi connectivity index (χ3n) is 1.78. The number of hydrogen-bond donors (Lipinski definition) is 0. The average Bonchev–Trinajstić information content (AvgIpc) is 2.15. The van der Waals surface area contributed by atoms with Gasteiger partial charge in [0.2, 0.25) is 0 Å². The van der Waals surface area contributed by atoms with Crippen molar-refractivity contribution in [2.24, 2.45) is 0 Å². The first-order chi connectivity index (χ1) is 6.60. The highest BCUT2D eigenvalue weighted by molar-refractivity contribution is 9.08. The zero-order valence-electron chi connectivity index (χ0n) is 7.39. The summed E-state index contributed by atoms with van der Waals surface area (Å²) >= 11 is 3.16. The molecule has 1 rings (SSSR count). The van der Waals surface area contributed by atoms with E-state index in [0.29, 0.717) is 16.6 Å². The Balaban J connectivity index is 3.37. The van der Waals surface area contributed by atoms with Crippen LogP contribution < -0.4 is 0 Å². The molecule has 0 fully saturated rings. The van der Waals surface area contributed by atoms with Crippen molar-refractivity contribution in [1.29, 1.82) is 5.26 Å². The van der Waals surface area contributed by atoms with E-state index in [2.05, 4.69) is 20.9 Å². The summed E-state index contributed by atoms with van der Waals surface area (Å²) in [6.07, 6.45) is -2.65. The van der Waals surface area contributed by atoms with Crippen LogP contribution >= 0.6 is 15.9 Å². The van der Waals surface area contributed by atoms with Crippen LogP contribution in [0.4, 0.5) is 8.78 Å². The summed E-state index contributed by atoms with van der Waals surface area (Å²) in [7, 11) is 0. The van der Waals surface area contributed by atoms with Gasteiger partial charge >= 0.3 is 0 Å². The number of nitriles is 1. The first kappa shape index (κ1) is 11.1. The molecule has 2 nitrogen and oxygen atoms in total. The molecular weight excluding hydrogens is 254 g/mol. The van der Waals surface area contributed by atoms with E-state index in [1.165, 1.54) is 0 Å². The molecular formula is C9H7BrF2N2. The molecule has 0 aromatic carbocycles. The van der Waals surface area contributed by atoms with Crippen LogP contribution in [-0.4, -0.2) is 4.98 Å². The van der Waals surface area contributed by atoms with Crippen LogP contribution in [0.1, 0.15) is 28.9 Å². The number of pyridine rings is 1. The Morgan fingerprint density at radius 3 is 2.71 bits per heavy atom. The Labute approximate surface area is 88.7 Å². The number of aromatic nitrogens is 1. The van der Waals surface area contributed by atoms with Gasteiger partial charge in [-0.1, -0.05) is 15.9 Å². The molecule has 0 aliphatic heterocycles. The molecule has 0 aliphatic carbocycles. The molecule has 0 atom stereocenters. The molecule has 0 unspecified atom stereocenters. The van der Waals surface area contributed by atoms with Crippen molar-refractivity contribution < 1.29 is 8.78 Å². The smallest absolute Gasteiger partial charge is 0.241 e. The minimum absolute atomic E-state index is 0.186. The highest BCUT2D eigenvalue weighted by Crippen LogP contribution is 2.26. The summed E-state index contributed by atoms with van der Waals surface area (Å²) < 4.78 is 25.0. The lowest BCUT2D eigenvalue weighted by Crippen LogP contribution is -2.01. The Morgan fingerprint density at radius 2 is 2.29 bits per heavy atom. The average molecular weight is 261 g/mol. The summed E-state index contributed by atoms with van der Waals surface area (Å²) in [5, 5.41) is 9.10. The fourth-order valence-corrected chi connectivity index (χ4v) is 1.47. The Kier molecular flexibility index (Phi) is 3.53. The van der Waals surface area contributed by atoms with Gasteiger partial charge in [-0.3, -0.25) is 0 Å². The van der Waals surface area contributed by atoms with Gasteiger partial charge in [-0.25, -0.2) is 13.8 Å². The third kappa shape index (κ3) is 2.07. The van der Waals surface area contributed by atoms with E-state index in [0.717, 1.165) is 0 Å². The third-order valence-corrected chi connectivity index (χ3v) is 2.35. The topological polar surface area (TPSA) is 36.7 Å². The highest BCUT2D eigenvalue weighted by atomic mass is 79.9. The quantitative estimate of drug-likeness (QED) is 0.767. The van der Waals surface area contributed by atoms with Crippen LogP contribution in [-0.2, 0) is 5.33 Å². The van der Waals surface area contributed by atoms with Gasteiger partial charge in [0.15, 0.2) is 0 Å². The van der Waals surface area contributed by atoms with Crippen LogP contribution in [0.3, 0.4) is 0 Å². The molecule has 0 amide bonds. The van der Waals surface area contributed by atoms with Crippen LogP contribution in [0.25, 0.3) is 0 Å². The van der Waals surface area contributed by atoms with E-state index in [9.17, 15) is 8.78 Å². The summed E-state index contributed by atoms with van der Waals surface area (Å²) in [4.78, 5) is 3.80.